The molecule has 0 aromatic carbocycles. The van der Waals surface area contributed by atoms with Crippen LogP contribution in [-0.2, 0) is 11.3 Å². The zero-order chi connectivity index (χ0) is 15.1. The molecule has 0 bridgehead atoms. The SMILES string of the molecule is Cc1noc(C)c1CNC(=O)NCC(C)CCC(=O)O. The molecule has 0 aliphatic heterocycles. The van der Waals surface area contributed by atoms with Gasteiger partial charge in [0.2, 0.25) is 0 Å². The van der Waals surface area contributed by atoms with E-state index < -0.39 is 5.97 Å². The van der Waals surface area contributed by atoms with Crippen LogP contribution in [-0.4, -0.2) is 28.8 Å². The van der Waals surface area contributed by atoms with Gasteiger partial charge in [-0.05, 0) is 26.2 Å². The van der Waals surface area contributed by atoms with E-state index in [1.807, 2.05) is 13.8 Å². The second-order valence-corrected chi connectivity index (χ2v) is 4.90. The van der Waals surface area contributed by atoms with Crippen LogP contribution in [0.25, 0.3) is 0 Å². The Labute approximate surface area is 117 Å². The number of carboxylic acids is 1. The van der Waals surface area contributed by atoms with E-state index in [4.69, 9.17) is 9.63 Å². The number of carbonyl (C=O) groups excluding carboxylic acids is 1. The quantitative estimate of drug-likeness (QED) is 0.705. The van der Waals surface area contributed by atoms with Gasteiger partial charge in [-0.1, -0.05) is 12.1 Å². The molecule has 2 amide bonds. The van der Waals surface area contributed by atoms with Gasteiger partial charge in [-0.15, -0.1) is 0 Å². The Balaban J connectivity index is 2.25. The number of carboxylic acid groups (broad SMARTS) is 1. The smallest absolute Gasteiger partial charge is 0.315 e. The molecule has 0 saturated carbocycles. The highest BCUT2D eigenvalue weighted by Gasteiger charge is 2.11. The Kier molecular flexibility index (Phi) is 6.02. The summed E-state index contributed by atoms with van der Waals surface area (Å²) in [5.41, 5.74) is 1.64. The van der Waals surface area contributed by atoms with Gasteiger partial charge in [-0.25, -0.2) is 4.79 Å². The van der Waals surface area contributed by atoms with Crippen LogP contribution in [0.1, 0.15) is 36.8 Å². The van der Waals surface area contributed by atoms with Crippen molar-refractivity contribution in [2.24, 2.45) is 5.92 Å². The molecule has 1 aromatic rings. The standard InChI is InChI=1S/C13H21N3O4/c1-8(4-5-12(17)18)6-14-13(19)15-7-11-9(2)16-20-10(11)3/h8H,4-7H2,1-3H3,(H,17,18)(H2,14,15,19). The van der Waals surface area contributed by atoms with Gasteiger partial charge in [0.15, 0.2) is 0 Å². The Morgan fingerprint density at radius 1 is 1.35 bits per heavy atom. The zero-order valence-corrected chi connectivity index (χ0v) is 12.0. The van der Waals surface area contributed by atoms with Gasteiger partial charge in [0, 0.05) is 25.1 Å². The van der Waals surface area contributed by atoms with E-state index in [-0.39, 0.29) is 18.4 Å². The predicted molar refractivity (Wildman–Crippen MR) is 72.2 cm³/mol. The summed E-state index contributed by atoms with van der Waals surface area (Å²) in [7, 11) is 0. The molecule has 1 atom stereocenters. The summed E-state index contributed by atoms with van der Waals surface area (Å²) >= 11 is 0. The second-order valence-electron chi connectivity index (χ2n) is 4.90. The van der Waals surface area contributed by atoms with Crippen LogP contribution >= 0.6 is 0 Å². The first-order chi connectivity index (χ1) is 9.40. The molecule has 1 aromatic heterocycles. The van der Waals surface area contributed by atoms with Gasteiger partial charge in [0.05, 0.1) is 5.69 Å². The van der Waals surface area contributed by atoms with Crippen molar-refractivity contribution in [1.29, 1.82) is 0 Å². The molecule has 1 unspecified atom stereocenters. The topological polar surface area (TPSA) is 104 Å². The van der Waals surface area contributed by atoms with Gasteiger partial charge >= 0.3 is 12.0 Å². The highest BCUT2D eigenvalue weighted by molar-refractivity contribution is 5.73. The normalized spacial score (nSPS) is 11.9. The molecule has 7 nitrogen and oxygen atoms in total. The van der Waals surface area contributed by atoms with E-state index in [0.29, 0.717) is 25.3 Å². The summed E-state index contributed by atoms with van der Waals surface area (Å²) in [6.45, 7) is 6.32. The van der Waals surface area contributed by atoms with Crippen molar-refractivity contribution in [2.75, 3.05) is 6.54 Å². The number of aliphatic carboxylic acids is 1. The van der Waals surface area contributed by atoms with Crippen LogP contribution in [0.15, 0.2) is 4.52 Å². The van der Waals surface area contributed by atoms with Crippen LogP contribution in [0.4, 0.5) is 4.79 Å². The van der Waals surface area contributed by atoms with E-state index in [2.05, 4.69) is 15.8 Å². The Morgan fingerprint density at radius 3 is 2.60 bits per heavy atom. The Morgan fingerprint density at radius 2 is 2.05 bits per heavy atom. The van der Waals surface area contributed by atoms with Crippen molar-refractivity contribution < 1.29 is 19.2 Å². The van der Waals surface area contributed by atoms with Crippen LogP contribution in [0, 0.1) is 19.8 Å². The first-order valence-electron chi connectivity index (χ1n) is 6.55. The minimum Gasteiger partial charge on any atom is -0.481 e. The summed E-state index contributed by atoms with van der Waals surface area (Å²) in [4.78, 5) is 22.0. The summed E-state index contributed by atoms with van der Waals surface area (Å²) < 4.78 is 5.00. The van der Waals surface area contributed by atoms with E-state index in [0.717, 1.165) is 11.3 Å². The average molecular weight is 283 g/mol. The van der Waals surface area contributed by atoms with Gasteiger partial charge < -0.3 is 20.3 Å². The first-order valence-corrected chi connectivity index (χ1v) is 6.55. The lowest BCUT2D eigenvalue weighted by molar-refractivity contribution is -0.137. The van der Waals surface area contributed by atoms with Crippen LogP contribution in [0.2, 0.25) is 0 Å². The highest BCUT2D eigenvalue weighted by Crippen LogP contribution is 2.11. The lowest BCUT2D eigenvalue weighted by Gasteiger charge is -2.12. The summed E-state index contributed by atoms with van der Waals surface area (Å²) in [5, 5.41) is 17.8. The predicted octanol–water partition coefficient (Wildman–Crippen LogP) is 1.59. The minimum atomic E-state index is -0.820. The van der Waals surface area contributed by atoms with Gasteiger partial charge in [-0.2, -0.15) is 0 Å². The molecule has 7 heteroatoms. The zero-order valence-electron chi connectivity index (χ0n) is 12.0. The lowest BCUT2D eigenvalue weighted by atomic mass is 10.1. The molecular formula is C13H21N3O4. The van der Waals surface area contributed by atoms with Crippen molar-refractivity contribution in [3.05, 3.63) is 17.0 Å². The highest BCUT2D eigenvalue weighted by atomic mass is 16.5. The third-order valence-electron chi connectivity index (χ3n) is 3.07. The third kappa shape index (κ3) is 5.29. The number of amides is 2. The van der Waals surface area contributed by atoms with Crippen molar-refractivity contribution >= 4 is 12.0 Å². The molecule has 1 rings (SSSR count). The van der Waals surface area contributed by atoms with Crippen molar-refractivity contribution in [1.82, 2.24) is 15.8 Å². The maximum Gasteiger partial charge on any atom is 0.315 e. The molecule has 1 heterocycles. The van der Waals surface area contributed by atoms with Crippen LogP contribution in [0.3, 0.4) is 0 Å². The molecule has 0 saturated heterocycles. The molecule has 3 N–H and O–H groups in total. The van der Waals surface area contributed by atoms with E-state index in [1.165, 1.54) is 0 Å². The lowest BCUT2D eigenvalue weighted by Crippen LogP contribution is -2.37. The van der Waals surface area contributed by atoms with Crippen molar-refractivity contribution in [3.63, 3.8) is 0 Å². The molecule has 0 fully saturated rings. The van der Waals surface area contributed by atoms with Gasteiger partial charge in [-0.3, -0.25) is 4.79 Å². The van der Waals surface area contributed by atoms with Crippen LogP contribution in [0.5, 0.6) is 0 Å². The van der Waals surface area contributed by atoms with Crippen LogP contribution < -0.4 is 10.6 Å². The molecule has 0 spiro atoms. The fourth-order valence-corrected chi connectivity index (χ4v) is 1.72. The van der Waals surface area contributed by atoms with Gasteiger partial charge in [0.25, 0.3) is 0 Å². The van der Waals surface area contributed by atoms with E-state index in [1.54, 1.807) is 6.92 Å². The summed E-state index contributed by atoms with van der Waals surface area (Å²) in [6, 6.07) is -0.285. The maximum atomic E-state index is 11.6. The number of hydrogen-bond donors (Lipinski definition) is 3. The molecular weight excluding hydrogens is 262 g/mol. The largest absolute Gasteiger partial charge is 0.481 e. The number of nitrogens with one attached hydrogen (secondary N) is 2. The molecule has 0 aliphatic rings. The van der Waals surface area contributed by atoms with E-state index >= 15 is 0 Å². The molecule has 0 radical (unpaired) electrons. The number of aromatic nitrogens is 1. The summed E-state index contributed by atoms with van der Waals surface area (Å²) in [6.07, 6.45) is 0.656. The molecule has 20 heavy (non-hydrogen) atoms. The number of nitrogens with zero attached hydrogens (tertiary/aromatic N) is 1. The molecule has 0 aliphatic carbocycles. The third-order valence-corrected chi connectivity index (χ3v) is 3.07. The molecule has 112 valence electrons. The number of urea groups is 1. The minimum absolute atomic E-state index is 0.115. The fraction of sp³-hybridized carbons (Fsp3) is 0.615. The fourth-order valence-electron chi connectivity index (χ4n) is 1.72. The number of carbonyl (C=O) groups is 2. The maximum absolute atomic E-state index is 11.6. The monoisotopic (exact) mass is 283 g/mol. The number of aryl methyl sites for hydroxylation is 2. The van der Waals surface area contributed by atoms with Gasteiger partial charge in [0.1, 0.15) is 5.76 Å². The van der Waals surface area contributed by atoms with Crippen molar-refractivity contribution in [3.8, 4) is 0 Å². The number of hydrogen-bond acceptors (Lipinski definition) is 4. The van der Waals surface area contributed by atoms with Crippen molar-refractivity contribution in [2.45, 2.75) is 40.2 Å². The average Bonchev–Trinajstić information content (AvgIpc) is 2.71. The second kappa shape index (κ2) is 7.52. The Hall–Kier alpha value is -2.05. The van der Waals surface area contributed by atoms with E-state index in [9.17, 15) is 9.59 Å². The summed E-state index contributed by atoms with van der Waals surface area (Å²) in [5.74, 6) is -0.00625. The first kappa shape index (κ1) is 16.0. The Bertz CT molecular complexity index is 451. The number of rotatable bonds is 7.